The van der Waals surface area contributed by atoms with Gasteiger partial charge >= 0.3 is 0 Å². The molecule has 6 heteroatoms. The summed E-state index contributed by atoms with van der Waals surface area (Å²) in [5, 5.41) is 9.79. The van der Waals surface area contributed by atoms with Gasteiger partial charge in [-0.05, 0) is 0 Å². The molecule has 0 spiro atoms. The van der Waals surface area contributed by atoms with Gasteiger partial charge in [0.05, 0.1) is 6.20 Å². The first-order valence-corrected chi connectivity index (χ1v) is 3.82. The van der Waals surface area contributed by atoms with Crippen LogP contribution in [0.4, 0.5) is 5.82 Å². The first-order chi connectivity index (χ1) is 6.22. The van der Waals surface area contributed by atoms with E-state index in [1.807, 2.05) is 0 Å². The Morgan fingerprint density at radius 3 is 3.08 bits per heavy atom. The third kappa shape index (κ3) is 3.02. The van der Waals surface area contributed by atoms with E-state index in [-0.39, 0.29) is 18.7 Å². The fourth-order valence-corrected chi connectivity index (χ4v) is 0.800. The Morgan fingerprint density at radius 1 is 1.77 bits per heavy atom. The van der Waals surface area contributed by atoms with Crippen molar-refractivity contribution in [2.24, 2.45) is 7.05 Å². The van der Waals surface area contributed by atoms with E-state index in [2.05, 4.69) is 15.6 Å². The average Bonchev–Trinajstić information content (AvgIpc) is 2.48. The molecule has 70 valence electrons. The van der Waals surface area contributed by atoms with E-state index < -0.39 is 0 Å². The zero-order valence-electron chi connectivity index (χ0n) is 7.23. The van der Waals surface area contributed by atoms with Crippen molar-refractivity contribution < 1.29 is 9.59 Å². The summed E-state index contributed by atoms with van der Waals surface area (Å²) in [5.41, 5.74) is 0. The highest BCUT2D eigenvalue weighted by molar-refractivity contribution is 5.90. The molecule has 0 aliphatic heterocycles. The van der Waals surface area contributed by atoms with Crippen LogP contribution in [0.15, 0.2) is 6.20 Å². The largest absolute Gasteiger partial charge is 0.308 e. The second kappa shape index (κ2) is 4.34. The summed E-state index contributed by atoms with van der Waals surface area (Å²) in [6.45, 7) is 0. The third-order valence-corrected chi connectivity index (χ3v) is 1.36. The summed E-state index contributed by atoms with van der Waals surface area (Å²) in [6, 6.07) is 0. The van der Waals surface area contributed by atoms with Crippen molar-refractivity contribution >= 4 is 18.0 Å². The Bertz CT molecular complexity index is 307. The monoisotopic (exact) mass is 182 g/mol. The highest BCUT2D eigenvalue weighted by Crippen LogP contribution is 1.99. The van der Waals surface area contributed by atoms with Gasteiger partial charge < -0.3 is 10.1 Å². The van der Waals surface area contributed by atoms with Crippen LogP contribution in [0.2, 0.25) is 0 Å². The lowest BCUT2D eigenvalue weighted by Gasteiger charge is -1.96. The fourth-order valence-electron chi connectivity index (χ4n) is 0.800. The lowest BCUT2D eigenvalue weighted by atomic mass is 10.3. The van der Waals surface area contributed by atoms with E-state index in [0.29, 0.717) is 12.1 Å². The number of nitrogens with zero attached hydrogens (tertiary/aromatic N) is 3. The van der Waals surface area contributed by atoms with Crippen LogP contribution in [-0.2, 0) is 16.6 Å². The first kappa shape index (κ1) is 9.37. The zero-order valence-corrected chi connectivity index (χ0v) is 7.23. The van der Waals surface area contributed by atoms with E-state index >= 15 is 0 Å². The maximum Gasteiger partial charge on any atom is 0.226 e. The van der Waals surface area contributed by atoms with Crippen LogP contribution in [0.25, 0.3) is 0 Å². The van der Waals surface area contributed by atoms with Crippen molar-refractivity contribution in [1.29, 1.82) is 0 Å². The number of aldehydes is 1. The molecule has 0 saturated carbocycles. The maximum atomic E-state index is 11.0. The molecule has 1 heterocycles. The molecular weight excluding hydrogens is 172 g/mol. The molecule has 1 aromatic heterocycles. The van der Waals surface area contributed by atoms with E-state index in [1.165, 1.54) is 4.68 Å². The van der Waals surface area contributed by atoms with Crippen molar-refractivity contribution in [2.45, 2.75) is 12.8 Å². The van der Waals surface area contributed by atoms with Crippen LogP contribution < -0.4 is 5.32 Å². The number of hydrogen-bond acceptors (Lipinski definition) is 4. The summed E-state index contributed by atoms with van der Waals surface area (Å²) >= 11 is 0. The Kier molecular flexibility index (Phi) is 3.13. The molecule has 1 aromatic rings. The van der Waals surface area contributed by atoms with E-state index in [1.54, 1.807) is 13.2 Å². The van der Waals surface area contributed by atoms with Gasteiger partial charge in [-0.25, -0.2) is 0 Å². The van der Waals surface area contributed by atoms with Crippen molar-refractivity contribution in [2.75, 3.05) is 5.32 Å². The molecule has 0 aliphatic carbocycles. The molecule has 13 heavy (non-hydrogen) atoms. The van der Waals surface area contributed by atoms with Crippen LogP contribution >= 0.6 is 0 Å². The molecule has 6 nitrogen and oxygen atoms in total. The van der Waals surface area contributed by atoms with Crippen LogP contribution in [0.5, 0.6) is 0 Å². The highest BCUT2D eigenvalue weighted by atomic mass is 16.1. The topological polar surface area (TPSA) is 76.9 Å². The molecule has 0 atom stereocenters. The normalized spacial score (nSPS) is 9.62. The molecule has 1 N–H and O–H groups in total. The Balaban J connectivity index is 2.40. The van der Waals surface area contributed by atoms with Gasteiger partial charge in [0.15, 0.2) is 5.82 Å². The highest BCUT2D eigenvalue weighted by Gasteiger charge is 2.03. The summed E-state index contributed by atoms with van der Waals surface area (Å²) in [4.78, 5) is 21.0. The predicted molar refractivity (Wildman–Crippen MR) is 44.9 cm³/mol. The zero-order chi connectivity index (χ0) is 9.68. The number of aromatic nitrogens is 3. The fraction of sp³-hybridized carbons (Fsp3) is 0.429. The predicted octanol–water partition coefficient (Wildman–Crippen LogP) is -0.267. The minimum Gasteiger partial charge on any atom is -0.308 e. The number of nitrogens with one attached hydrogen (secondary N) is 1. The molecule has 1 rings (SSSR count). The van der Waals surface area contributed by atoms with Gasteiger partial charge in [0.25, 0.3) is 0 Å². The van der Waals surface area contributed by atoms with Crippen LogP contribution in [0, 0.1) is 0 Å². The molecule has 0 aliphatic rings. The van der Waals surface area contributed by atoms with E-state index in [4.69, 9.17) is 0 Å². The molecule has 0 radical (unpaired) electrons. The molecule has 0 bridgehead atoms. The number of carbonyl (C=O) groups is 2. The van der Waals surface area contributed by atoms with Crippen LogP contribution in [0.1, 0.15) is 12.8 Å². The second-order valence-electron chi connectivity index (χ2n) is 2.53. The van der Waals surface area contributed by atoms with Crippen molar-refractivity contribution in [1.82, 2.24) is 15.0 Å². The number of aryl methyl sites for hydroxylation is 1. The summed E-state index contributed by atoms with van der Waals surface area (Å²) in [7, 11) is 1.70. The van der Waals surface area contributed by atoms with Crippen molar-refractivity contribution in [3.8, 4) is 0 Å². The number of carbonyl (C=O) groups excluding carboxylic acids is 2. The SMILES string of the molecule is Cn1cc(NC(=O)CCC=O)nn1. The molecule has 0 fully saturated rings. The minimum absolute atomic E-state index is 0.181. The smallest absolute Gasteiger partial charge is 0.226 e. The van der Waals surface area contributed by atoms with Crippen LogP contribution in [-0.4, -0.2) is 27.2 Å². The van der Waals surface area contributed by atoms with Gasteiger partial charge in [-0.15, -0.1) is 5.10 Å². The molecule has 0 aromatic carbocycles. The summed E-state index contributed by atoms with van der Waals surface area (Å²) in [5.74, 6) is 0.172. The number of amides is 1. The van der Waals surface area contributed by atoms with Crippen molar-refractivity contribution in [3.05, 3.63) is 6.20 Å². The molecular formula is C7H10N4O2. The standard InChI is InChI=1S/C7H10N4O2/c1-11-5-6(9-10-11)8-7(13)3-2-4-12/h4-5H,2-3H2,1H3,(H,8,13). The average molecular weight is 182 g/mol. The maximum absolute atomic E-state index is 11.0. The molecule has 0 saturated heterocycles. The first-order valence-electron chi connectivity index (χ1n) is 3.82. The van der Waals surface area contributed by atoms with Gasteiger partial charge in [0.1, 0.15) is 6.29 Å². The number of anilines is 1. The Morgan fingerprint density at radius 2 is 2.54 bits per heavy atom. The van der Waals surface area contributed by atoms with Gasteiger partial charge in [-0.1, -0.05) is 5.21 Å². The van der Waals surface area contributed by atoms with E-state index in [9.17, 15) is 9.59 Å². The summed E-state index contributed by atoms with van der Waals surface area (Å²) < 4.78 is 1.48. The Labute approximate surface area is 74.9 Å². The second-order valence-corrected chi connectivity index (χ2v) is 2.53. The lowest BCUT2D eigenvalue weighted by Crippen LogP contribution is -2.11. The molecule has 1 amide bonds. The van der Waals surface area contributed by atoms with Crippen LogP contribution in [0.3, 0.4) is 0 Å². The summed E-state index contributed by atoms with van der Waals surface area (Å²) in [6.07, 6.45) is 2.70. The Hall–Kier alpha value is -1.72. The lowest BCUT2D eigenvalue weighted by molar-refractivity contribution is -0.118. The van der Waals surface area contributed by atoms with Gasteiger partial charge in [-0.2, -0.15) is 0 Å². The quantitative estimate of drug-likeness (QED) is 0.650. The van der Waals surface area contributed by atoms with Gasteiger partial charge in [0, 0.05) is 19.9 Å². The minimum atomic E-state index is -0.229. The third-order valence-electron chi connectivity index (χ3n) is 1.36. The molecule has 0 unspecified atom stereocenters. The van der Waals surface area contributed by atoms with Gasteiger partial charge in [0.2, 0.25) is 5.91 Å². The van der Waals surface area contributed by atoms with Gasteiger partial charge in [-0.3, -0.25) is 9.48 Å². The number of hydrogen-bond donors (Lipinski definition) is 1. The van der Waals surface area contributed by atoms with Crippen molar-refractivity contribution in [3.63, 3.8) is 0 Å². The number of rotatable bonds is 4. The van der Waals surface area contributed by atoms with E-state index in [0.717, 1.165) is 0 Å².